The normalized spacial score (nSPS) is 31.0. The highest BCUT2D eigenvalue weighted by molar-refractivity contribution is 6.09. The number of rotatable bonds is 2. The van der Waals surface area contributed by atoms with Gasteiger partial charge >= 0.3 is 12.1 Å². The van der Waals surface area contributed by atoms with Crippen molar-refractivity contribution in [2.45, 2.75) is 51.4 Å². The number of hydrogen-bond acceptors (Lipinski definition) is 3. The Morgan fingerprint density at radius 2 is 2.14 bits per heavy atom. The number of halogens is 3. The smallest absolute Gasteiger partial charge is 0.403 e. The number of aliphatic imine (C=N–C) groups is 1. The van der Waals surface area contributed by atoms with Gasteiger partial charge in [0, 0.05) is 0 Å². The molecule has 1 heterocycles. The van der Waals surface area contributed by atoms with E-state index >= 15 is 0 Å². The molecule has 120 valence electrons. The fraction of sp³-hybridized carbons (Fsp3) is 0.600. The molecule has 0 bridgehead atoms. The Kier molecular flexibility index (Phi) is 3.34. The standard InChI is InChI=1S/C15H16F3NO3/c1-2-14(15(16,17)18)9-6-4-3-5-8(9)7-10-11(14)19-12(22-10)13(20)21/h7,12H,2-6H2,1H3,(H,20,21). The van der Waals surface area contributed by atoms with Crippen LogP contribution in [0.5, 0.6) is 0 Å². The van der Waals surface area contributed by atoms with Crippen LogP contribution in [0.3, 0.4) is 0 Å². The van der Waals surface area contributed by atoms with Crippen molar-refractivity contribution in [3.63, 3.8) is 0 Å². The molecule has 0 fully saturated rings. The summed E-state index contributed by atoms with van der Waals surface area (Å²) in [6.45, 7) is 1.46. The Hall–Kier alpha value is -1.79. The summed E-state index contributed by atoms with van der Waals surface area (Å²) in [5.74, 6) is -1.42. The van der Waals surface area contributed by atoms with Crippen LogP contribution in [0.1, 0.15) is 39.0 Å². The highest BCUT2D eigenvalue weighted by Crippen LogP contribution is 2.56. The molecule has 2 unspecified atom stereocenters. The van der Waals surface area contributed by atoms with Crippen LogP contribution in [-0.4, -0.2) is 29.2 Å². The number of carboxylic acids is 1. The van der Waals surface area contributed by atoms with Crippen LogP contribution in [0.2, 0.25) is 0 Å². The Morgan fingerprint density at radius 1 is 1.45 bits per heavy atom. The molecule has 0 amide bonds. The third-order valence-corrected chi connectivity index (χ3v) is 4.68. The van der Waals surface area contributed by atoms with Gasteiger partial charge < -0.3 is 9.84 Å². The average Bonchev–Trinajstić information content (AvgIpc) is 2.87. The molecule has 1 N–H and O–H groups in total. The molecule has 0 spiro atoms. The zero-order valence-corrected chi connectivity index (χ0v) is 12.0. The Morgan fingerprint density at radius 3 is 2.73 bits per heavy atom. The zero-order chi connectivity index (χ0) is 16.1. The fourth-order valence-corrected chi connectivity index (χ4v) is 3.68. The molecule has 7 heteroatoms. The van der Waals surface area contributed by atoms with Crippen molar-refractivity contribution >= 4 is 11.7 Å². The van der Waals surface area contributed by atoms with Crippen molar-refractivity contribution in [2.75, 3.05) is 0 Å². The average molecular weight is 315 g/mol. The lowest BCUT2D eigenvalue weighted by molar-refractivity contribution is -0.187. The van der Waals surface area contributed by atoms with Crippen LogP contribution in [0.15, 0.2) is 28.0 Å². The Labute approximate surface area is 125 Å². The molecule has 3 aliphatic rings. The summed E-state index contributed by atoms with van der Waals surface area (Å²) < 4.78 is 47.1. The first kappa shape index (κ1) is 15.1. The predicted molar refractivity (Wildman–Crippen MR) is 72.3 cm³/mol. The van der Waals surface area contributed by atoms with Gasteiger partial charge in [-0.2, -0.15) is 13.2 Å². The molecule has 2 aliphatic carbocycles. The fourth-order valence-electron chi connectivity index (χ4n) is 3.68. The number of fused-ring (bicyclic) bond motifs is 1. The van der Waals surface area contributed by atoms with Crippen LogP contribution in [0.25, 0.3) is 0 Å². The van der Waals surface area contributed by atoms with Crippen molar-refractivity contribution in [2.24, 2.45) is 10.4 Å². The van der Waals surface area contributed by atoms with E-state index in [1.807, 2.05) is 0 Å². The second kappa shape index (κ2) is 4.86. The summed E-state index contributed by atoms with van der Waals surface area (Å²) in [4.78, 5) is 14.8. The number of hydrogen-bond donors (Lipinski definition) is 1. The molecular formula is C15H16F3NO3. The Balaban J connectivity index is 2.22. The highest BCUT2D eigenvalue weighted by Gasteiger charge is 2.63. The van der Waals surface area contributed by atoms with E-state index in [-0.39, 0.29) is 17.9 Å². The molecule has 22 heavy (non-hydrogen) atoms. The van der Waals surface area contributed by atoms with Gasteiger partial charge in [-0.3, -0.25) is 0 Å². The third kappa shape index (κ3) is 1.90. The van der Waals surface area contributed by atoms with Crippen molar-refractivity contribution in [3.05, 3.63) is 23.0 Å². The van der Waals surface area contributed by atoms with Crippen LogP contribution < -0.4 is 0 Å². The van der Waals surface area contributed by atoms with Gasteiger partial charge in [-0.25, -0.2) is 9.79 Å². The van der Waals surface area contributed by atoms with Gasteiger partial charge in [0.2, 0.25) is 0 Å². The van der Waals surface area contributed by atoms with Crippen LogP contribution in [-0.2, 0) is 9.53 Å². The van der Waals surface area contributed by atoms with E-state index in [0.29, 0.717) is 30.4 Å². The first-order chi connectivity index (χ1) is 10.3. The first-order valence-electron chi connectivity index (χ1n) is 7.30. The van der Waals surface area contributed by atoms with Crippen molar-refractivity contribution < 1.29 is 27.8 Å². The summed E-state index contributed by atoms with van der Waals surface area (Å²) in [6, 6.07) is 0. The molecule has 4 nitrogen and oxygen atoms in total. The second-order valence-electron chi connectivity index (χ2n) is 5.76. The van der Waals surface area contributed by atoms with Crippen LogP contribution in [0.4, 0.5) is 13.2 Å². The van der Waals surface area contributed by atoms with E-state index in [1.54, 1.807) is 6.08 Å². The zero-order valence-electron chi connectivity index (χ0n) is 12.0. The predicted octanol–water partition coefficient (Wildman–Crippen LogP) is 3.60. The quantitative estimate of drug-likeness (QED) is 0.847. The minimum absolute atomic E-state index is 0.0350. The minimum atomic E-state index is -4.53. The maximum Gasteiger partial charge on any atom is 0.403 e. The Bertz CT molecular complexity index is 618. The van der Waals surface area contributed by atoms with E-state index in [1.165, 1.54) is 6.92 Å². The third-order valence-electron chi connectivity index (χ3n) is 4.68. The molecule has 1 aliphatic heterocycles. The summed E-state index contributed by atoms with van der Waals surface area (Å²) >= 11 is 0. The van der Waals surface area contributed by atoms with E-state index in [4.69, 9.17) is 9.84 Å². The van der Waals surface area contributed by atoms with Crippen LogP contribution in [0, 0.1) is 5.41 Å². The molecule has 0 aromatic heterocycles. The highest BCUT2D eigenvalue weighted by atomic mass is 19.4. The van der Waals surface area contributed by atoms with Gasteiger partial charge in [-0.05, 0) is 49.3 Å². The van der Waals surface area contributed by atoms with E-state index in [2.05, 4.69) is 4.99 Å². The topological polar surface area (TPSA) is 58.9 Å². The van der Waals surface area contributed by atoms with E-state index in [0.717, 1.165) is 6.42 Å². The lowest BCUT2D eigenvalue weighted by atomic mass is 9.64. The summed E-state index contributed by atoms with van der Waals surface area (Å²) in [6.07, 6.45) is -2.32. The molecule has 3 rings (SSSR count). The number of allylic oxidation sites excluding steroid dienone is 4. The van der Waals surface area contributed by atoms with Gasteiger partial charge in [0.1, 0.15) is 16.9 Å². The lowest BCUT2D eigenvalue weighted by Crippen LogP contribution is -2.48. The SMILES string of the molecule is CCC1(C(F)(F)F)C2=NC(C(=O)O)OC2=CC2=C1CCCC2. The number of alkyl halides is 3. The summed E-state index contributed by atoms with van der Waals surface area (Å²) in [7, 11) is 0. The number of aliphatic carboxylic acids is 1. The first-order valence-corrected chi connectivity index (χ1v) is 7.30. The monoisotopic (exact) mass is 315 g/mol. The maximum absolute atomic E-state index is 14.0. The molecule has 0 saturated carbocycles. The van der Waals surface area contributed by atoms with E-state index < -0.39 is 23.8 Å². The minimum Gasteiger partial charge on any atom is -0.477 e. The molecular weight excluding hydrogens is 299 g/mol. The van der Waals surface area contributed by atoms with Gasteiger partial charge in [0.25, 0.3) is 6.23 Å². The maximum atomic E-state index is 14.0. The summed E-state index contributed by atoms with van der Waals surface area (Å²) in [5, 5.41) is 9.01. The molecule has 0 saturated heterocycles. The number of carboxylic acid groups (broad SMARTS) is 1. The van der Waals surface area contributed by atoms with Crippen molar-refractivity contribution in [1.29, 1.82) is 0 Å². The van der Waals surface area contributed by atoms with Gasteiger partial charge in [0.05, 0.1) is 0 Å². The molecule has 0 aromatic rings. The largest absolute Gasteiger partial charge is 0.477 e. The molecule has 0 radical (unpaired) electrons. The summed E-state index contributed by atoms with van der Waals surface area (Å²) in [5.41, 5.74) is -1.51. The second-order valence-corrected chi connectivity index (χ2v) is 5.76. The van der Waals surface area contributed by atoms with Crippen molar-refractivity contribution in [3.8, 4) is 0 Å². The number of carbonyl (C=O) groups is 1. The molecule has 0 aromatic carbocycles. The van der Waals surface area contributed by atoms with Gasteiger partial charge in [-0.15, -0.1) is 0 Å². The number of nitrogens with zero attached hydrogens (tertiary/aromatic N) is 1. The lowest BCUT2D eigenvalue weighted by Gasteiger charge is -2.42. The van der Waals surface area contributed by atoms with Crippen LogP contribution >= 0.6 is 0 Å². The number of ether oxygens (including phenoxy) is 1. The van der Waals surface area contributed by atoms with Gasteiger partial charge in [-0.1, -0.05) is 6.92 Å². The molecule has 2 atom stereocenters. The van der Waals surface area contributed by atoms with Crippen molar-refractivity contribution in [1.82, 2.24) is 0 Å². The van der Waals surface area contributed by atoms with Gasteiger partial charge in [0.15, 0.2) is 0 Å². The van der Waals surface area contributed by atoms with E-state index in [9.17, 15) is 18.0 Å².